The Hall–Kier alpha value is -1.40. The molecule has 0 saturated carbocycles. The molecule has 17 heavy (non-hydrogen) atoms. The summed E-state index contributed by atoms with van der Waals surface area (Å²) in [6.07, 6.45) is -0.104. The Morgan fingerprint density at radius 3 is 2.29 bits per heavy atom. The van der Waals surface area contributed by atoms with Gasteiger partial charge in [-0.15, -0.1) is 0 Å². The zero-order chi connectivity index (χ0) is 12.5. The average molecular weight is 256 g/mol. The van der Waals surface area contributed by atoms with E-state index in [1.54, 1.807) is 0 Å². The lowest BCUT2D eigenvalue weighted by Gasteiger charge is -2.25. The summed E-state index contributed by atoms with van der Waals surface area (Å²) in [7, 11) is -3.32. The van der Waals surface area contributed by atoms with Crippen LogP contribution < -0.4 is 0 Å². The first-order valence-electron chi connectivity index (χ1n) is 5.12. The second-order valence-electron chi connectivity index (χ2n) is 3.92. The van der Waals surface area contributed by atoms with Crippen molar-refractivity contribution in [2.24, 2.45) is 0 Å². The molecule has 1 N–H and O–H groups in total. The summed E-state index contributed by atoms with van der Waals surface area (Å²) in [5, 5.41) is 8.13. The van der Waals surface area contributed by atoms with Gasteiger partial charge in [-0.3, -0.25) is 4.79 Å². The van der Waals surface area contributed by atoms with Gasteiger partial charge in [0.25, 0.3) is 0 Å². The zero-order valence-electron chi connectivity index (χ0n) is 9.00. The number of ether oxygens (including phenoxy) is 1. The molecule has 2 rings (SSSR count). The van der Waals surface area contributed by atoms with Gasteiger partial charge in [0.05, 0.1) is 24.5 Å². The number of hydrogen-bond donors (Lipinski definition) is 1. The van der Waals surface area contributed by atoms with Crippen LogP contribution in [0.2, 0.25) is 0 Å². The van der Waals surface area contributed by atoms with Crippen LogP contribution in [0.5, 0.6) is 0 Å². The number of benzene rings is 1. The standard InChI is InChI=1S/C11H12O5S/c12-11(13)5-8-1-3-9(4-2-8)17(14,15)10-6-16-7-10/h1-4,10H,5-7H2,(H,12,13). The summed E-state index contributed by atoms with van der Waals surface area (Å²) in [6, 6.07) is 5.96. The minimum Gasteiger partial charge on any atom is -0.481 e. The number of rotatable bonds is 4. The van der Waals surface area contributed by atoms with Crippen molar-refractivity contribution >= 4 is 15.8 Å². The van der Waals surface area contributed by atoms with E-state index in [1.807, 2.05) is 0 Å². The van der Waals surface area contributed by atoms with E-state index >= 15 is 0 Å². The third-order valence-electron chi connectivity index (χ3n) is 2.65. The Bertz CT molecular complexity index is 513. The van der Waals surface area contributed by atoms with E-state index in [4.69, 9.17) is 9.84 Å². The van der Waals surface area contributed by atoms with Gasteiger partial charge in [0, 0.05) is 0 Å². The fourth-order valence-corrected chi connectivity index (χ4v) is 3.01. The van der Waals surface area contributed by atoms with Gasteiger partial charge < -0.3 is 9.84 Å². The molecule has 1 aliphatic heterocycles. The van der Waals surface area contributed by atoms with E-state index in [1.165, 1.54) is 24.3 Å². The number of carboxylic acid groups (broad SMARTS) is 1. The van der Waals surface area contributed by atoms with Crippen LogP contribution in [0, 0.1) is 0 Å². The van der Waals surface area contributed by atoms with Gasteiger partial charge in [-0.25, -0.2) is 8.42 Å². The first-order valence-corrected chi connectivity index (χ1v) is 6.67. The first kappa shape index (κ1) is 12.1. The molecule has 1 saturated heterocycles. The molecule has 1 heterocycles. The Balaban J connectivity index is 2.20. The number of carbonyl (C=O) groups is 1. The molecule has 6 heteroatoms. The van der Waals surface area contributed by atoms with Crippen LogP contribution in [0.15, 0.2) is 29.2 Å². The molecule has 0 amide bonds. The molecule has 1 aromatic rings. The van der Waals surface area contributed by atoms with Crippen LogP contribution in [0.4, 0.5) is 0 Å². The molecule has 0 unspecified atom stereocenters. The van der Waals surface area contributed by atoms with Crippen molar-refractivity contribution in [3.05, 3.63) is 29.8 Å². The van der Waals surface area contributed by atoms with Gasteiger partial charge in [0.15, 0.2) is 9.84 Å². The van der Waals surface area contributed by atoms with Crippen LogP contribution in [0.25, 0.3) is 0 Å². The van der Waals surface area contributed by atoms with Gasteiger partial charge in [-0.1, -0.05) is 12.1 Å². The quantitative estimate of drug-likeness (QED) is 0.847. The first-order chi connectivity index (χ1) is 8.00. The minimum absolute atomic E-state index is 0.104. The Morgan fingerprint density at radius 1 is 1.29 bits per heavy atom. The highest BCUT2D eigenvalue weighted by Gasteiger charge is 2.33. The van der Waals surface area contributed by atoms with E-state index < -0.39 is 21.1 Å². The third kappa shape index (κ3) is 2.48. The van der Waals surface area contributed by atoms with Gasteiger partial charge in [0.2, 0.25) is 0 Å². The van der Waals surface area contributed by atoms with Crippen LogP contribution in [0.3, 0.4) is 0 Å². The van der Waals surface area contributed by atoms with E-state index in [2.05, 4.69) is 0 Å². The Kier molecular flexibility index (Phi) is 3.17. The molecule has 0 aliphatic carbocycles. The Labute approximate surface area is 98.9 Å². The maximum atomic E-state index is 12.0. The van der Waals surface area contributed by atoms with Crippen LogP contribution in [-0.2, 0) is 25.8 Å². The fraction of sp³-hybridized carbons (Fsp3) is 0.364. The van der Waals surface area contributed by atoms with E-state index in [0.717, 1.165) is 0 Å². The molecule has 5 nitrogen and oxygen atoms in total. The number of carboxylic acids is 1. The Morgan fingerprint density at radius 2 is 1.88 bits per heavy atom. The maximum Gasteiger partial charge on any atom is 0.307 e. The van der Waals surface area contributed by atoms with Gasteiger partial charge in [0.1, 0.15) is 5.25 Å². The lowest BCUT2D eigenvalue weighted by Crippen LogP contribution is -2.40. The van der Waals surface area contributed by atoms with E-state index in [-0.39, 0.29) is 24.5 Å². The van der Waals surface area contributed by atoms with E-state index in [0.29, 0.717) is 5.56 Å². The fourth-order valence-electron chi connectivity index (χ4n) is 1.56. The van der Waals surface area contributed by atoms with E-state index in [9.17, 15) is 13.2 Å². The summed E-state index contributed by atoms with van der Waals surface area (Å²) >= 11 is 0. The number of aliphatic carboxylic acids is 1. The number of hydrogen-bond acceptors (Lipinski definition) is 4. The number of sulfone groups is 1. The molecule has 1 aromatic carbocycles. The predicted molar refractivity (Wildman–Crippen MR) is 59.6 cm³/mol. The highest BCUT2D eigenvalue weighted by atomic mass is 32.2. The molecule has 0 bridgehead atoms. The summed E-state index contributed by atoms with van der Waals surface area (Å²) < 4.78 is 28.8. The lowest BCUT2D eigenvalue weighted by atomic mass is 10.2. The highest BCUT2D eigenvalue weighted by Crippen LogP contribution is 2.21. The summed E-state index contributed by atoms with van der Waals surface area (Å²) in [5.74, 6) is -0.937. The molecular formula is C11H12O5S. The molecule has 1 fully saturated rings. The molecule has 0 aromatic heterocycles. The van der Waals surface area contributed by atoms with Crippen molar-refractivity contribution < 1.29 is 23.1 Å². The monoisotopic (exact) mass is 256 g/mol. The van der Waals surface area contributed by atoms with Gasteiger partial charge in [-0.2, -0.15) is 0 Å². The molecule has 92 valence electrons. The highest BCUT2D eigenvalue weighted by molar-refractivity contribution is 7.92. The van der Waals surface area contributed by atoms with Crippen molar-refractivity contribution in [1.29, 1.82) is 0 Å². The summed E-state index contributed by atoms with van der Waals surface area (Å²) in [4.78, 5) is 10.7. The van der Waals surface area contributed by atoms with Crippen molar-refractivity contribution in [3.63, 3.8) is 0 Å². The van der Waals surface area contributed by atoms with Gasteiger partial charge in [-0.05, 0) is 17.7 Å². The van der Waals surface area contributed by atoms with Crippen LogP contribution >= 0.6 is 0 Å². The SMILES string of the molecule is O=C(O)Cc1ccc(S(=O)(=O)C2COC2)cc1. The molecule has 0 spiro atoms. The summed E-state index contributed by atoms with van der Waals surface area (Å²) in [5.41, 5.74) is 0.585. The van der Waals surface area contributed by atoms with Crippen LogP contribution in [-0.4, -0.2) is 38.0 Å². The maximum absolute atomic E-state index is 12.0. The minimum atomic E-state index is -3.32. The second kappa shape index (κ2) is 4.46. The van der Waals surface area contributed by atoms with Crippen molar-refractivity contribution in [3.8, 4) is 0 Å². The lowest BCUT2D eigenvalue weighted by molar-refractivity contribution is -0.136. The van der Waals surface area contributed by atoms with Crippen molar-refractivity contribution in [2.75, 3.05) is 13.2 Å². The smallest absolute Gasteiger partial charge is 0.307 e. The average Bonchev–Trinajstić information content (AvgIpc) is 2.13. The third-order valence-corrected chi connectivity index (χ3v) is 4.73. The largest absolute Gasteiger partial charge is 0.481 e. The van der Waals surface area contributed by atoms with Crippen molar-refractivity contribution in [1.82, 2.24) is 0 Å². The predicted octanol–water partition coefficient (Wildman–Crippen LogP) is 0.486. The molecule has 0 atom stereocenters. The topological polar surface area (TPSA) is 80.7 Å². The molecule has 1 aliphatic rings. The zero-order valence-corrected chi connectivity index (χ0v) is 9.81. The van der Waals surface area contributed by atoms with Gasteiger partial charge >= 0.3 is 5.97 Å². The normalized spacial score (nSPS) is 16.5. The second-order valence-corrected chi connectivity index (χ2v) is 6.15. The summed E-state index contributed by atoms with van der Waals surface area (Å²) in [6.45, 7) is 0.471. The molecule has 0 radical (unpaired) electrons. The molecular weight excluding hydrogens is 244 g/mol. The van der Waals surface area contributed by atoms with Crippen LogP contribution in [0.1, 0.15) is 5.56 Å². The van der Waals surface area contributed by atoms with Crippen molar-refractivity contribution in [2.45, 2.75) is 16.6 Å².